The van der Waals surface area contributed by atoms with Crippen LogP contribution in [-0.4, -0.2) is 22.0 Å². The average Bonchev–Trinajstić information content (AvgIpc) is 3.17. The molecule has 0 fully saturated rings. The van der Waals surface area contributed by atoms with Crippen LogP contribution in [-0.2, 0) is 13.0 Å². The van der Waals surface area contributed by atoms with Crippen LogP contribution >= 0.6 is 0 Å². The summed E-state index contributed by atoms with van der Waals surface area (Å²) in [6, 6.07) is 20.6. The minimum Gasteiger partial charge on any atom is -0.348 e. The second kappa shape index (κ2) is 7.31. The van der Waals surface area contributed by atoms with E-state index in [1.807, 2.05) is 17.0 Å². The first-order valence-corrected chi connectivity index (χ1v) is 9.54. The molecule has 2 amide bonds. The van der Waals surface area contributed by atoms with Gasteiger partial charge in [0.2, 0.25) is 0 Å². The Labute approximate surface area is 160 Å². The van der Waals surface area contributed by atoms with Crippen molar-refractivity contribution in [3.05, 3.63) is 89.2 Å². The molecule has 0 bridgehead atoms. The van der Waals surface area contributed by atoms with Gasteiger partial charge in [-0.25, -0.2) is 4.79 Å². The first kappa shape index (κ1) is 17.4. The molecule has 1 aromatic heterocycles. The van der Waals surface area contributed by atoms with Crippen LogP contribution in [0.25, 0.3) is 0 Å². The molecule has 1 aliphatic rings. The van der Waals surface area contributed by atoms with E-state index in [0.29, 0.717) is 6.54 Å². The predicted octanol–water partition coefficient (Wildman–Crippen LogP) is 5.00. The van der Waals surface area contributed by atoms with Gasteiger partial charge in [-0.3, -0.25) is 0 Å². The summed E-state index contributed by atoms with van der Waals surface area (Å²) in [5.41, 5.74) is 5.61. The summed E-state index contributed by atoms with van der Waals surface area (Å²) in [6.45, 7) is 5.70. The lowest BCUT2D eigenvalue weighted by Gasteiger charge is -2.37. The van der Waals surface area contributed by atoms with Crippen molar-refractivity contribution in [2.24, 2.45) is 0 Å². The molecule has 3 aromatic rings. The number of amides is 2. The van der Waals surface area contributed by atoms with E-state index < -0.39 is 0 Å². The Morgan fingerprint density at radius 2 is 1.78 bits per heavy atom. The summed E-state index contributed by atoms with van der Waals surface area (Å²) < 4.78 is 2.24. The van der Waals surface area contributed by atoms with Crippen molar-refractivity contribution < 1.29 is 4.79 Å². The lowest BCUT2D eigenvalue weighted by molar-refractivity contribution is 0.182. The summed E-state index contributed by atoms with van der Waals surface area (Å²) >= 11 is 0. The molecule has 1 aliphatic heterocycles. The van der Waals surface area contributed by atoms with E-state index in [0.717, 1.165) is 29.9 Å². The summed E-state index contributed by atoms with van der Waals surface area (Å²) in [6.07, 6.45) is 3.09. The van der Waals surface area contributed by atoms with E-state index in [1.54, 1.807) is 0 Å². The van der Waals surface area contributed by atoms with Crippen molar-refractivity contribution in [2.75, 3.05) is 11.9 Å². The molecular weight excluding hydrogens is 334 g/mol. The first-order valence-electron chi connectivity index (χ1n) is 9.54. The molecule has 27 heavy (non-hydrogen) atoms. The van der Waals surface area contributed by atoms with E-state index >= 15 is 0 Å². The lowest BCUT2D eigenvalue weighted by Crippen LogP contribution is -2.44. The van der Waals surface area contributed by atoms with Crippen molar-refractivity contribution in [1.29, 1.82) is 0 Å². The van der Waals surface area contributed by atoms with Gasteiger partial charge in [-0.05, 0) is 48.7 Å². The van der Waals surface area contributed by atoms with E-state index in [2.05, 4.69) is 78.5 Å². The zero-order valence-corrected chi connectivity index (χ0v) is 15.9. The minimum absolute atomic E-state index is 0.0581. The number of benzene rings is 2. The van der Waals surface area contributed by atoms with Crippen molar-refractivity contribution in [2.45, 2.75) is 32.9 Å². The van der Waals surface area contributed by atoms with Crippen molar-refractivity contribution >= 4 is 11.7 Å². The van der Waals surface area contributed by atoms with Crippen molar-refractivity contribution in [3.63, 3.8) is 0 Å². The van der Waals surface area contributed by atoms with Gasteiger partial charge >= 0.3 is 6.03 Å². The number of fused-ring (bicyclic) bond motifs is 1. The van der Waals surface area contributed by atoms with E-state index in [9.17, 15) is 4.79 Å². The Bertz CT molecular complexity index is 925. The highest BCUT2D eigenvalue weighted by atomic mass is 16.2. The van der Waals surface area contributed by atoms with E-state index in [1.165, 1.54) is 11.1 Å². The monoisotopic (exact) mass is 359 g/mol. The van der Waals surface area contributed by atoms with Crippen LogP contribution in [0.3, 0.4) is 0 Å². The number of anilines is 1. The van der Waals surface area contributed by atoms with Crippen LogP contribution in [0.2, 0.25) is 0 Å². The number of hydrogen-bond acceptors (Lipinski definition) is 1. The zero-order chi connectivity index (χ0) is 18.8. The van der Waals surface area contributed by atoms with Gasteiger partial charge in [0.1, 0.15) is 0 Å². The van der Waals surface area contributed by atoms with Crippen molar-refractivity contribution in [1.82, 2.24) is 9.47 Å². The molecule has 4 heteroatoms. The molecular formula is C23H25N3O. The summed E-state index contributed by atoms with van der Waals surface area (Å²) in [5, 5.41) is 3.07. The summed E-state index contributed by atoms with van der Waals surface area (Å²) in [7, 11) is 0. The fraction of sp³-hybridized carbons (Fsp3) is 0.261. The van der Waals surface area contributed by atoms with E-state index in [-0.39, 0.29) is 12.1 Å². The van der Waals surface area contributed by atoms with Gasteiger partial charge in [0.25, 0.3) is 0 Å². The van der Waals surface area contributed by atoms with Crippen LogP contribution in [0.15, 0.2) is 66.9 Å². The van der Waals surface area contributed by atoms with E-state index in [4.69, 9.17) is 0 Å². The molecule has 2 aromatic carbocycles. The standard InChI is InChI=1S/C23H25N3O/c1-3-18-8-12-20(13-9-18)24-23(27)26-16-15-25-14-4-5-21(25)22(26)19-10-6-17(2)7-11-19/h4-14,22H,3,15-16H2,1-2H3,(H,24,27). The van der Waals surface area contributed by atoms with Gasteiger partial charge in [-0.15, -0.1) is 0 Å². The maximum atomic E-state index is 13.1. The molecule has 1 N–H and O–H groups in total. The van der Waals surface area contributed by atoms with Crippen molar-refractivity contribution in [3.8, 4) is 0 Å². The van der Waals surface area contributed by atoms with Crippen LogP contribution in [0.1, 0.15) is 35.3 Å². The summed E-state index contributed by atoms with van der Waals surface area (Å²) in [4.78, 5) is 15.0. The maximum absolute atomic E-state index is 13.1. The number of carbonyl (C=O) groups excluding carboxylic acids is 1. The predicted molar refractivity (Wildman–Crippen MR) is 109 cm³/mol. The number of carbonyl (C=O) groups is 1. The Kier molecular flexibility index (Phi) is 4.71. The first-order chi connectivity index (χ1) is 13.2. The van der Waals surface area contributed by atoms with Gasteiger partial charge < -0.3 is 14.8 Å². The molecule has 0 spiro atoms. The number of rotatable bonds is 3. The third kappa shape index (κ3) is 3.47. The fourth-order valence-electron chi connectivity index (χ4n) is 3.72. The molecule has 1 unspecified atom stereocenters. The SMILES string of the molecule is CCc1ccc(NC(=O)N2CCn3cccc3C2c2ccc(C)cc2)cc1. The number of nitrogens with one attached hydrogen (secondary N) is 1. The van der Waals surface area contributed by atoms with Crippen LogP contribution in [0.5, 0.6) is 0 Å². The smallest absolute Gasteiger partial charge is 0.322 e. The highest BCUT2D eigenvalue weighted by Gasteiger charge is 2.32. The zero-order valence-electron chi connectivity index (χ0n) is 15.9. The van der Waals surface area contributed by atoms with Crippen LogP contribution < -0.4 is 5.32 Å². The third-order valence-electron chi connectivity index (χ3n) is 5.31. The second-order valence-corrected chi connectivity index (χ2v) is 7.11. The molecule has 1 atom stereocenters. The maximum Gasteiger partial charge on any atom is 0.322 e. The highest BCUT2D eigenvalue weighted by molar-refractivity contribution is 5.90. The number of urea groups is 1. The van der Waals surface area contributed by atoms with Crippen LogP contribution in [0.4, 0.5) is 10.5 Å². The third-order valence-corrected chi connectivity index (χ3v) is 5.31. The lowest BCUT2D eigenvalue weighted by atomic mass is 9.99. The van der Waals surface area contributed by atoms with Gasteiger partial charge in [-0.1, -0.05) is 48.9 Å². The minimum atomic E-state index is -0.0794. The van der Waals surface area contributed by atoms with Crippen LogP contribution in [0, 0.1) is 6.92 Å². The fourth-order valence-corrected chi connectivity index (χ4v) is 3.72. The van der Waals surface area contributed by atoms with Gasteiger partial charge in [0, 0.05) is 30.7 Å². The number of aromatic nitrogens is 1. The Balaban J connectivity index is 1.63. The quantitative estimate of drug-likeness (QED) is 0.702. The van der Waals surface area contributed by atoms with Gasteiger partial charge in [0.15, 0.2) is 0 Å². The number of aryl methyl sites for hydroxylation is 2. The number of nitrogens with zero attached hydrogens (tertiary/aromatic N) is 2. The molecule has 0 radical (unpaired) electrons. The highest BCUT2D eigenvalue weighted by Crippen LogP contribution is 2.33. The molecule has 0 aliphatic carbocycles. The Morgan fingerprint density at radius 1 is 1.04 bits per heavy atom. The normalized spacial score (nSPS) is 16.1. The topological polar surface area (TPSA) is 37.3 Å². The average molecular weight is 359 g/mol. The van der Waals surface area contributed by atoms with Gasteiger partial charge in [-0.2, -0.15) is 0 Å². The Morgan fingerprint density at radius 3 is 2.48 bits per heavy atom. The molecule has 2 heterocycles. The van der Waals surface area contributed by atoms with Gasteiger partial charge in [0.05, 0.1) is 6.04 Å². The molecule has 4 nitrogen and oxygen atoms in total. The molecule has 0 saturated carbocycles. The Hall–Kier alpha value is -3.01. The molecule has 138 valence electrons. The second-order valence-electron chi connectivity index (χ2n) is 7.11. The molecule has 4 rings (SSSR count). The molecule has 0 saturated heterocycles. The largest absolute Gasteiger partial charge is 0.348 e. The number of hydrogen-bond donors (Lipinski definition) is 1. The summed E-state index contributed by atoms with van der Waals surface area (Å²) in [5.74, 6) is 0.